The molecule has 5 rings (SSSR count). The third-order valence-electron chi connectivity index (χ3n) is 6.95. The van der Waals surface area contributed by atoms with E-state index in [-0.39, 0.29) is 5.78 Å². The van der Waals surface area contributed by atoms with Crippen LogP contribution in [0.2, 0.25) is 0 Å². The molecular weight excluding hydrogens is 422 g/mol. The van der Waals surface area contributed by atoms with E-state index < -0.39 is 0 Å². The molecule has 2 heterocycles. The first-order chi connectivity index (χ1) is 16.6. The summed E-state index contributed by atoms with van der Waals surface area (Å²) in [4.78, 5) is 17.7. The number of aromatic nitrogens is 3. The van der Waals surface area contributed by atoms with Crippen molar-refractivity contribution in [3.05, 3.63) is 77.5 Å². The molecule has 2 aromatic carbocycles. The van der Waals surface area contributed by atoms with Crippen LogP contribution < -0.4 is 4.74 Å². The zero-order valence-electron chi connectivity index (χ0n) is 20.0. The molecule has 5 heteroatoms. The lowest BCUT2D eigenvalue weighted by molar-refractivity contribution is 0.0946. The summed E-state index contributed by atoms with van der Waals surface area (Å²) >= 11 is 0. The van der Waals surface area contributed by atoms with E-state index in [1.54, 1.807) is 4.68 Å². The number of carbonyl (C=O) groups excluding carboxylic acids is 1. The number of ether oxygens (including phenoxy) is 1. The van der Waals surface area contributed by atoms with Gasteiger partial charge in [-0.15, -0.1) is 0 Å². The van der Waals surface area contributed by atoms with Gasteiger partial charge in [-0.05, 0) is 41.2 Å². The Bertz CT molecular complexity index is 1320. The van der Waals surface area contributed by atoms with Crippen LogP contribution in [0.1, 0.15) is 60.1 Å². The Labute approximate surface area is 200 Å². The summed E-state index contributed by atoms with van der Waals surface area (Å²) in [7, 11) is 1.84. The molecular formula is C29H31N3O2. The van der Waals surface area contributed by atoms with Crippen LogP contribution in [0.5, 0.6) is 5.88 Å². The summed E-state index contributed by atoms with van der Waals surface area (Å²) in [5.74, 6) is 1.14. The largest absolute Gasteiger partial charge is 0.473 e. The highest BCUT2D eigenvalue weighted by atomic mass is 16.5. The second-order valence-corrected chi connectivity index (χ2v) is 9.38. The average molecular weight is 454 g/mol. The van der Waals surface area contributed by atoms with Gasteiger partial charge in [0.1, 0.15) is 12.3 Å². The van der Waals surface area contributed by atoms with Gasteiger partial charge in [-0.1, -0.05) is 80.6 Å². The van der Waals surface area contributed by atoms with Crippen molar-refractivity contribution in [1.82, 2.24) is 14.8 Å². The van der Waals surface area contributed by atoms with Crippen LogP contribution in [-0.4, -0.2) is 20.5 Å². The zero-order valence-corrected chi connectivity index (χ0v) is 20.0. The fourth-order valence-corrected chi connectivity index (χ4v) is 5.09. The van der Waals surface area contributed by atoms with Gasteiger partial charge in [0.25, 0.3) is 0 Å². The Morgan fingerprint density at radius 3 is 2.50 bits per heavy atom. The summed E-state index contributed by atoms with van der Waals surface area (Å²) in [6.45, 7) is 2.53. The topological polar surface area (TPSA) is 57.0 Å². The van der Waals surface area contributed by atoms with E-state index in [0.29, 0.717) is 36.2 Å². The van der Waals surface area contributed by atoms with Crippen LogP contribution >= 0.6 is 0 Å². The van der Waals surface area contributed by atoms with Gasteiger partial charge in [0, 0.05) is 19.5 Å². The first-order valence-electron chi connectivity index (χ1n) is 12.2. The number of ketones is 1. The zero-order chi connectivity index (χ0) is 23.5. The molecule has 0 aliphatic heterocycles. The second kappa shape index (κ2) is 9.80. The molecule has 0 unspecified atom stereocenters. The molecule has 0 saturated heterocycles. The predicted octanol–water partition coefficient (Wildman–Crippen LogP) is 6.68. The van der Waals surface area contributed by atoms with Crippen molar-refractivity contribution < 1.29 is 9.53 Å². The molecule has 0 N–H and O–H groups in total. The molecule has 0 spiro atoms. The smallest absolute Gasteiger partial charge is 0.215 e. The van der Waals surface area contributed by atoms with E-state index >= 15 is 0 Å². The van der Waals surface area contributed by atoms with Gasteiger partial charge in [-0.2, -0.15) is 10.1 Å². The fraction of sp³-hybridized carbons (Fsp3) is 0.345. The van der Waals surface area contributed by atoms with Crippen LogP contribution in [0.3, 0.4) is 0 Å². The number of Topliss-reactive ketones (excluding diaryl/α,β-unsaturated/α-hetero) is 1. The summed E-state index contributed by atoms with van der Waals surface area (Å²) in [5, 5.41) is 5.33. The van der Waals surface area contributed by atoms with E-state index in [1.165, 1.54) is 30.4 Å². The third-order valence-corrected chi connectivity index (χ3v) is 6.95. The Balaban J connectivity index is 1.35. The number of pyridine rings is 1. The first-order valence-corrected chi connectivity index (χ1v) is 12.2. The monoisotopic (exact) mass is 453 g/mol. The molecule has 1 aliphatic carbocycles. The summed E-state index contributed by atoms with van der Waals surface area (Å²) in [5.41, 5.74) is 5.92. The number of hydrogen-bond acceptors (Lipinski definition) is 4. The minimum Gasteiger partial charge on any atom is -0.473 e. The van der Waals surface area contributed by atoms with Crippen LogP contribution in [0.4, 0.5) is 0 Å². The summed E-state index contributed by atoms with van der Waals surface area (Å²) in [6, 6.07) is 20.4. The van der Waals surface area contributed by atoms with Crippen molar-refractivity contribution in [2.24, 2.45) is 13.0 Å². The highest BCUT2D eigenvalue weighted by Crippen LogP contribution is 2.30. The van der Waals surface area contributed by atoms with Crippen molar-refractivity contribution in [2.45, 2.75) is 52.1 Å². The fourth-order valence-electron chi connectivity index (χ4n) is 5.09. The molecule has 174 valence electrons. The highest BCUT2D eigenvalue weighted by Gasteiger charge is 2.22. The molecule has 0 amide bonds. The molecule has 34 heavy (non-hydrogen) atoms. The standard InChI is InChI=1S/C29H31N3O2/c1-20-10-6-8-14-23(20)24-15-9-7-13-22(24)19-34-27-17-16-25-28(31-32(2)29(25)30-27)26(33)18-21-11-4-3-5-12-21/h6-10,13-17,21H,3-5,11-12,18-19H2,1-2H3. The number of hydrogen-bond donors (Lipinski definition) is 0. The number of aryl methyl sites for hydroxylation is 2. The molecule has 1 saturated carbocycles. The third kappa shape index (κ3) is 4.60. The number of rotatable bonds is 7. The Morgan fingerprint density at radius 2 is 1.71 bits per heavy atom. The van der Waals surface area contributed by atoms with Crippen LogP contribution in [0.15, 0.2) is 60.7 Å². The predicted molar refractivity (Wildman–Crippen MR) is 135 cm³/mol. The van der Waals surface area contributed by atoms with E-state index in [1.807, 2.05) is 25.2 Å². The second-order valence-electron chi connectivity index (χ2n) is 9.38. The van der Waals surface area contributed by atoms with Gasteiger partial charge in [0.05, 0.1) is 5.39 Å². The molecule has 0 radical (unpaired) electrons. The maximum Gasteiger partial charge on any atom is 0.215 e. The van der Waals surface area contributed by atoms with Crippen molar-refractivity contribution in [3.8, 4) is 17.0 Å². The van der Waals surface area contributed by atoms with Gasteiger partial charge in [0.15, 0.2) is 11.4 Å². The van der Waals surface area contributed by atoms with E-state index in [9.17, 15) is 4.79 Å². The maximum atomic E-state index is 13.0. The number of carbonyl (C=O) groups is 1. The van der Waals surface area contributed by atoms with Crippen molar-refractivity contribution >= 4 is 16.8 Å². The minimum atomic E-state index is 0.125. The molecule has 2 aromatic heterocycles. The van der Waals surface area contributed by atoms with Gasteiger partial charge in [-0.3, -0.25) is 4.79 Å². The number of fused-ring (bicyclic) bond motifs is 1. The maximum absolute atomic E-state index is 13.0. The Kier molecular flexibility index (Phi) is 6.43. The van der Waals surface area contributed by atoms with Gasteiger partial charge < -0.3 is 4.74 Å². The normalized spacial score (nSPS) is 14.4. The summed E-state index contributed by atoms with van der Waals surface area (Å²) < 4.78 is 7.80. The van der Waals surface area contributed by atoms with E-state index in [4.69, 9.17) is 4.74 Å². The minimum absolute atomic E-state index is 0.125. The van der Waals surface area contributed by atoms with Crippen molar-refractivity contribution in [2.75, 3.05) is 0 Å². The Morgan fingerprint density at radius 1 is 0.971 bits per heavy atom. The average Bonchev–Trinajstić information content (AvgIpc) is 3.20. The lowest BCUT2D eigenvalue weighted by Gasteiger charge is -2.20. The lowest BCUT2D eigenvalue weighted by atomic mass is 9.85. The Hall–Kier alpha value is -3.47. The van der Waals surface area contributed by atoms with Crippen LogP contribution in [0, 0.1) is 12.8 Å². The van der Waals surface area contributed by atoms with Crippen molar-refractivity contribution in [1.29, 1.82) is 0 Å². The van der Waals surface area contributed by atoms with Gasteiger partial charge >= 0.3 is 0 Å². The number of nitrogens with zero attached hydrogens (tertiary/aromatic N) is 3. The quantitative estimate of drug-likeness (QED) is 0.293. The number of benzene rings is 2. The van der Waals surface area contributed by atoms with E-state index in [0.717, 1.165) is 29.4 Å². The summed E-state index contributed by atoms with van der Waals surface area (Å²) in [6.07, 6.45) is 6.64. The van der Waals surface area contributed by atoms with E-state index in [2.05, 4.69) is 59.5 Å². The van der Waals surface area contributed by atoms with Gasteiger partial charge in [0.2, 0.25) is 5.88 Å². The highest BCUT2D eigenvalue weighted by molar-refractivity contribution is 6.05. The first kappa shape index (κ1) is 22.3. The molecule has 1 aliphatic rings. The molecule has 1 fully saturated rings. The SMILES string of the molecule is Cc1ccccc1-c1ccccc1COc1ccc2c(C(=O)CC3CCCCC3)nn(C)c2n1. The molecule has 5 nitrogen and oxygen atoms in total. The molecule has 0 atom stereocenters. The van der Waals surface area contributed by atoms with Crippen molar-refractivity contribution in [3.63, 3.8) is 0 Å². The van der Waals surface area contributed by atoms with Gasteiger partial charge in [-0.25, -0.2) is 4.68 Å². The molecule has 0 bridgehead atoms. The van der Waals surface area contributed by atoms with Crippen LogP contribution in [-0.2, 0) is 13.7 Å². The molecule has 4 aromatic rings. The lowest BCUT2D eigenvalue weighted by Crippen LogP contribution is -2.13. The van der Waals surface area contributed by atoms with Crippen LogP contribution in [0.25, 0.3) is 22.2 Å².